The summed E-state index contributed by atoms with van der Waals surface area (Å²) in [5.74, 6) is -0.0697. The molecule has 0 spiro atoms. The molecule has 0 aliphatic carbocycles. The van der Waals surface area contributed by atoms with Crippen LogP contribution in [0.25, 0.3) is 11.0 Å². The second kappa shape index (κ2) is 11.9. The molecule has 0 saturated heterocycles. The molecular formula is C25H28N2O8. The van der Waals surface area contributed by atoms with E-state index in [2.05, 4.69) is 5.32 Å². The summed E-state index contributed by atoms with van der Waals surface area (Å²) in [7, 11) is 3.18. The van der Waals surface area contributed by atoms with E-state index in [1.54, 1.807) is 25.2 Å². The molecule has 0 saturated carbocycles. The number of amides is 2. The second-order valence-corrected chi connectivity index (χ2v) is 7.74. The molecule has 1 aliphatic heterocycles. The lowest BCUT2D eigenvalue weighted by molar-refractivity contribution is -0.109. The van der Waals surface area contributed by atoms with E-state index in [1.165, 1.54) is 12.1 Å². The van der Waals surface area contributed by atoms with Crippen LogP contribution in [0.1, 0.15) is 33.4 Å². The predicted molar refractivity (Wildman–Crippen MR) is 127 cm³/mol. The lowest BCUT2D eigenvalue weighted by Gasteiger charge is -2.25. The number of nitrogens with one attached hydrogen (secondary N) is 1. The van der Waals surface area contributed by atoms with Gasteiger partial charge in [0.25, 0.3) is 5.91 Å². The Balaban J connectivity index is 0.000000241. The van der Waals surface area contributed by atoms with Gasteiger partial charge in [-0.15, -0.1) is 0 Å². The lowest BCUT2D eigenvalue weighted by atomic mass is 10.1. The zero-order valence-corrected chi connectivity index (χ0v) is 19.8. The third-order valence-electron chi connectivity index (χ3n) is 5.45. The molecule has 10 heteroatoms. The van der Waals surface area contributed by atoms with Gasteiger partial charge in [-0.2, -0.15) is 0 Å². The van der Waals surface area contributed by atoms with E-state index < -0.39 is 5.97 Å². The number of nitrogens with zero attached hydrogens (tertiary/aromatic N) is 1. The largest absolute Gasteiger partial charge is 0.496 e. The fraction of sp³-hybridized carbons (Fsp3) is 0.320. The number of carbonyl (C=O) groups excluding carboxylic acids is 2. The molecule has 3 aromatic rings. The summed E-state index contributed by atoms with van der Waals surface area (Å²) in [6, 6.07) is 11.9. The predicted octanol–water partition coefficient (Wildman–Crippen LogP) is 2.94. The molecule has 1 unspecified atom stereocenters. The molecule has 2 heterocycles. The van der Waals surface area contributed by atoms with E-state index in [1.807, 2.05) is 31.2 Å². The smallest absolute Gasteiger partial charge is 0.335 e. The molecular weight excluding hydrogens is 456 g/mol. The summed E-state index contributed by atoms with van der Waals surface area (Å²) < 4.78 is 21.5. The molecule has 2 amide bonds. The van der Waals surface area contributed by atoms with E-state index in [0.29, 0.717) is 49.4 Å². The van der Waals surface area contributed by atoms with E-state index in [4.69, 9.17) is 23.7 Å². The number of carboxylic acids is 1. The van der Waals surface area contributed by atoms with Crippen LogP contribution in [0.15, 0.2) is 46.9 Å². The molecule has 1 aliphatic rings. The van der Waals surface area contributed by atoms with Gasteiger partial charge >= 0.3 is 5.97 Å². The van der Waals surface area contributed by atoms with E-state index in [0.717, 1.165) is 11.3 Å². The monoisotopic (exact) mass is 484 g/mol. The van der Waals surface area contributed by atoms with Crippen molar-refractivity contribution < 1.29 is 38.1 Å². The number of methoxy groups -OCH3 is 2. The maximum Gasteiger partial charge on any atom is 0.335 e. The second-order valence-electron chi connectivity index (χ2n) is 7.74. The van der Waals surface area contributed by atoms with Crippen molar-refractivity contribution >= 4 is 29.3 Å². The van der Waals surface area contributed by atoms with Gasteiger partial charge in [0.05, 0.1) is 30.7 Å². The number of ether oxygens (including phenoxy) is 3. The summed E-state index contributed by atoms with van der Waals surface area (Å²) in [6.07, 6.45) is 0.673. The Morgan fingerprint density at radius 1 is 1.26 bits per heavy atom. The lowest BCUT2D eigenvalue weighted by Crippen LogP contribution is -2.41. The maximum atomic E-state index is 12.7. The minimum absolute atomic E-state index is 0.0958. The van der Waals surface area contributed by atoms with Crippen molar-refractivity contribution in [3.63, 3.8) is 0 Å². The van der Waals surface area contributed by atoms with Crippen LogP contribution in [0.4, 0.5) is 0 Å². The number of rotatable bonds is 8. The Hall–Kier alpha value is -4.05. The molecule has 35 heavy (non-hydrogen) atoms. The molecule has 1 aromatic heterocycles. The number of fused-ring (bicyclic) bond motifs is 3. The first-order valence-electron chi connectivity index (χ1n) is 10.9. The molecule has 2 N–H and O–H groups in total. The van der Waals surface area contributed by atoms with Crippen LogP contribution >= 0.6 is 0 Å². The topological polar surface area (TPSA) is 128 Å². The SMILES string of the molecule is COCCN1C(=O)c2oc3cc(C(=O)O)ccc3c2OCC1C.COc1ccccc1CNC=O. The number of furan rings is 1. The average molecular weight is 485 g/mol. The number of para-hydroxylation sites is 1. The van der Waals surface area contributed by atoms with Crippen LogP contribution in [0.3, 0.4) is 0 Å². The van der Waals surface area contributed by atoms with Gasteiger partial charge < -0.3 is 34.0 Å². The van der Waals surface area contributed by atoms with Gasteiger partial charge in [0.15, 0.2) is 5.75 Å². The molecule has 1 atom stereocenters. The van der Waals surface area contributed by atoms with Crippen molar-refractivity contribution in [1.82, 2.24) is 10.2 Å². The quantitative estimate of drug-likeness (QED) is 0.467. The van der Waals surface area contributed by atoms with Gasteiger partial charge in [-0.1, -0.05) is 18.2 Å². The Morgan fingerprint density at radius 2 is 2.03 bits per heavy atom. The highest BCUT2D eigenvalue weighted by molar-refractivity contribution is 6.03. The number of carbonyl (C=O) groups is 3. The summed E-state index contributed by atoms with van der Waals surface area (Å²) in [6.45, 7) is 3.57. The Morgan fingerprint density at radius 3 is 2.71 bits per heavy atom. The number of carboxylic acid groups (broad SMARTS) is 1. The zero-order chi connectivity index (χ0) is 25.4. The minimum Gasteiger partial charge on any atom is -0.496 e. The molecule has 0 radical (unpaired) electrons. The number of aromatic carboxylic acids is 1. The summed E-state index contributed by atoms with van der Waals surface area (Å²) >= 11 is 0. The van der Waals surface area contributed by atoms with Crippen LogP contribution < -0.4 is 14.8 Å². The van der Waals surface area contributed by atoms with Crippen LogP contribution in [-0.2, 0) is 16.1 Å². The highest BCUT2D eigenvalue weighted by atomic mass is 16.5. The van der Waals surface area contributed by atoms with Crippen molar-refractivity contribution in [3.05, 3.63) is 59.4 Å². The molecule has 0 fully saturated rings. The summed E-state index contributed by atoms with van der Waals surface area (Å²) in [4.78, 5) is 35.4. The number of hydrogen-bond donors (Lipinski definition) is 2. The normalized spacial score (nSPS) is 14.8. The molecule has 10 nitrogen and oxygen atoms in total. The van der Waals surface area contributed by atoms with Gasteiger partial charge in [0.2, 0.25) is 12.2 Å². The molecule has 0 bridgehead atoms. The summed E-state index contributed by atoms with van der Waals surface area (Å²) in [5, 5.41) is 12.2. The molecule has 2 aromatic carbocycles. The minimum atomic E-state index is -1.05. The van der Waals surface area contributed by atoms with Crippen molar-refractivity contribution in [1.29, 1.82) is 0 Å². The highest BCUT2D eigenvalue weighted by Crippen LogP contribution is 2.36. The van der Waals surface area contributed by atoms with Gasteiger partial charge in [0.1, 0.15) is 17.9 Å². The van der Waals surface area contributed by atoms with Crippen LogP contribution in [-0.4, -0.2) is 68.3 Å². The first kappa shape index (κ1) is 25.6. The Kier molecular flexibility index (Phi) is 8.69. The summed E-state index contributed by atoms with van der Waals surface area (Å²) in [5.41, 5.74) is 1.40. The van der Waals surface area contributed by atoms with Crippen molar-refractivity contribution in [2.24, 2.45) is 0 Å². The standard InChI is InChI=1S/C16H17NO6.C9H11NO2/c1-9-8-22-13-11-4-3-10(16(19)20)7-12(11)23-14(13)15(18)17(9)5-6-21-2;1-12-9-5-3-2-4-8(9)6-10-7-11/h3-4,7,9H,5-6,8H2,1-2H3,(H,19,20);2-5,7H,6H2,1H3,(H,10,11). The molecule has 4 rings (SSSR count). The maximum absolute atomic E-state index is 12.7. The van der Waals surface area contributed by atoms with Crippen LogP contribution in [0, 0.1) is 0 Å². The van der Waals surface area contributed by atoms with Crippen LogP contribution in [0.2, 0.25) is 0 Å². The van der Waals surface area contributed by atoms with Crippen molar-refractivity contribution in [2.75, 3.05) is 34.0 Å². The van der Waals surface area contributed by atoms with Crippen molar-refractivity contribution in [2.45, 2.75) is 19.5 Å². The van der Waals surface area contributed by atoms with Gasteiger partial charge in [-0.3, -0.25) is 9.59 Å². The van der Waals surface area contributed by atoms with Gasteiger partial charge in [-0.05, 0) is 31.2 Å². The fourth-order valence-electron chi connectivity index (χ4n) is 3.63. The third kappa shape index (κ3) is 5.90. The number of hydrogen-bond acceptors (Lipinski definition) is 7. The zero-order valence-electron chi connectivity index (χ0n) is 19.8. The third-order valence-corrected chi connectivity index (χ3v) is 5.45. The van der Waals surface area contributed by atoms with Crippen LogP contribution in [0.5, 0.6) is 11.5 Å². The van der Waals surface area contributed by atoms with E-state index in [9.17, 15) is 14.4 Å². The van der Waals surface area contributed by atoms with Crippen molar-refractivity contribution in [3.8, 4) is 11.5 Å². The average Bonchev–Trinajstić information content (AvgIpc) is 3.19. The van der Waals surface area contributed by atoms with Gasteiger partial charge in [-0.25, -0.2) is 4.79 Å². The first-order chi connectivity index (χ1) is 16.9. The Bertz CT molecular complexity index is 1190. The van der Waals surface area contributed by atoms with Gasteiger partial charge in [0, 0.05) is 25.8 Å². The van der Waals surface area contributed by atoms with E-state index >= 15 is 0 Å². The number of benzene rings is 2. The highest BCUT2D eigenvalue weighted by Gasteiger charge is 2.33. The van der Waals surface area contributed by atoms with E-state index in [-0.39, 0.29) is 23.3 Å². The first-order valence-corrected chi connectivity index (χ1v) is 10.9. The molecule has 186 valence electrons. The fourth-order valence-corrected chi connectivity index (χ4v) is 3.63. The Labute approximate surface area is 202 Å².